The number of imidazole rings is 1. The first-order chi connectivity index (χ1) is 20.6. The first-order valence-electron chi connectivity index (χ1n) is 13.1. The summed E-state index contributed by atoms with van der Waals surface area (Å²) >= 11 is 0. The zero-order valence-corrected chi connectivity index (χ0v) is 23.8. The zero-order chi connectivity index (χ0) is 30.6. The van der Waals surface area contributed by atoms with Crippen molar-refractivity contribution in [2.45, 2.75) is 43.9 Å². The highest BCUT2D eigenvalue weighted by molar-refractivity contribution is 7.52. The van der Waals surface area contributed by atoms with Crippen LogP contribution in [0.2, 0.25) is 0 Å². The number of carbonyl (C=O) groups is 1. The van der Waals surface area contributed by atoms with Crippen molar-refractivity contribution in [3.8, 4) is 18.1 Å². The van der Waals surface area contributed by atoms with E-state index in [1.54, 1.807) is 42.5 Å². The van der Waals surface area contributed by atoms with Crippen LogP contribution in [0.3, 0.4) is 0 Å². The molecule has 0 bridgehead atoms. The minimum Gasteiger partial charge on any atom is -0.460 e. The van der Waals surface area contributed by atoms with Gasteiger partial charge in [0.15, 0.2) is 22.6 Å². The second kappa shape index (κ2) is 12.5. The Kier molecular flexibility index (Phi) is 8.72. The summed E-state index contributed by atoms with van der Waals surface area (Å²) in [5.41, 5.74) is 4.85. The maximum absolute atomic E-state index is 14.0. The minimum atomic E-state index is -4.36. The number of carbonyl (C=O) groups excluding carboxylic acids is 1. The Morgan fingerprint density at radius 2 is 1.98 bits per heavy atom. The molecule has 5 rings (SSSR count). The molecule has 0 aliphatic carbocycles. The Bertz CT molecular complexity index is 1690. The number of halogens is 1. The van der Waals surface area contributed by atoms with Crippen LogP contribution in [0.4, 0.5) is 10.2 Å². The van der Waals surface area contributed by atoms with E-state index in [1.165, 1.54) is 17.8 Å². The van der Waals surface area contributed by atoms with Gasteiger partial charge in [0.25, 0.3) is 0 Å². The third-order valence-corrected chi connectivity index (χ3v) is 8.26. The summed E-state index contributed by atoms with van der Waals surface area (Å²) in [6, 6.07) is 16.0. The number of aliphatic hydroxyl groups is 1. The van der Waals surface area contributed by atoms with Gasteiger partial charge in [0.1, 0.15) is 37.3 Å². The predicted octanol–water partition coefficient (Wildman–Crippen LogP) is 3.12. The average molecular weight is 611 g/mol. The molecule has 13 nitrogen and oxygen atoms in total. The second-order valence-electron chi connectivity index (χ2n) is 9.68. The number of rotatable bonds is 11. The fourth-order valence-electron chi connectivity index (χ4n) is 4.38. The number of anilines is 1. The highest BCUT2D eigenvalue weighted by Crippen LogP contribution is 2.48. The molecule has 2 aromatic carbocycles. The number of nitrogens with one attached hydrogen (secondary N) is 1. The van der Waals surface area contributed by atoms with Crippen LogP contribution in [0.5, 0.6) is 5.75 Å². The summed E-state index contributed by atoms with van der Waals surface area (Å²) in [6.45, 7) is 0.812. The van der Waals surface area contributed by atoms with Gasteiger partial charge in [-0.2, -0.15) is 19.4 Å². The smallest absolute Gasteiger partial charge is 0.459 e. The van der Waals surface area contributed by atoms with E-state index in [9.17, 15) is 18.9 Å². The first-order valence-corrected chi connectivity index (χ1v) is 14.6. The molecule has 0 amide bonds. The number of terminal acetylenes is 1. The van der Waals surface area contributed by atoms with Crippen LogP contribution < -0.4 is 15.3 Å². The van der Waals surface area contributed by atoms with E-state index in [4.69, 9.17) is 30.7 Å². The number of benzene rings is 2. The summed E-state index contributed by atoms with van der Waals surface area (Å²) < 4.78 is 52.0. The minimum absolute atomic E-state index is 0.00141. The lowest BCUT2D eigenvalue weighted by molar-refractivity contribution is -0.146. The molecular formula is C28H28FN6O7P. The molecule has 1 aliphatic heterocycles. The zero-order valence-electron chi connectivity index (χ0n) is 22.9. The summed E-state index contributed by atoms with van der Waals surface area (Å²) in [5.74, 6) is 1.67. The standard InChI is InChI=1S/C28H28FN6O7P/c1-3-28(21(36)14-22(41-28)35-17-31-23-24(30)32-27(29)33-25(23)35)16-40-43(38,42-20-12-8-5-9-13-20)34-18(2)26(37)39-15-19-10-6-4-7-11-19/h1,4-13,17-18,21-22,36H,14-16H2,2H3,(H,34,38)(H2,30,32,33)/t18-,21-,22+,28+,43+/m0/s1. The molecule has 2 aromatic heterocycles. The number of fused-ring (bicyclic) bond motifs is 1. The normalized spacial score (nSPS) is 22.0. The Hall–Kier alpha value is -4.38. The van der Waals surface area contributed by atoms with Crippen molar-refractivity contribution in [1.82, 2.24) is 24.6 Å². The molecule has 1 aliphatic rings. The van der Waals surface area contributed by atoms with E-state index in [0.29, 0.717) is 0 Å². The Morgan fingerprint density at radius 3 is 2.67 bits per heavy atom. The molecule has 15 heteroatoms. The molecule has 0 radical (unpaired) electrons. The number of hydrogen-bond acceptors (Lipinski definition) is 11. The van der Waals surface area contributed by atoms with Gasteiger partial charge in [-0.3, -0.25) is 13.9 Å². The molecule has 224 valence electrons. The van der Waals surface area contributed by atoms with E-state index in [1.807, 2.05) is 18.2 Å². The number of nitrogens with two attached hydrogens (primary N) is 1. The van der Waals surface area contributed by atoms with E-state index < -0.39 is 50.4 Å². The lowest BCUT2D eigenvalue weighted by Gasteiger charge is -2.29. The van der Waals surface area contributed by atoms with Crippen LogP contribution in [0.25, 0.3) is 11.2 Å². The van der Waals surface area contributed by atoms with Crippen molar-refractivity contribution in [2.75, 3.05) is 12.3 Å². The van der Waals surface area contributed by atoms with Crippen molar-refractivity contribution >= 4 is 30.7 Å². The summed E-state index contributed by atoms with van der Waals surface area (Å²) in [5, 5.41) is 13.6. The van der Waals surface area contributed by atoms with Gasteiger partial charge in [-0.25, -0.2) is 9.55 Å². The maximum atomic E-state index is 14.0. The van der Waals surface area contributed by atoms with Crippen molar-refractivity contribution < 1.29 is 37.4 Å². The number of nitrogens with zero attached hydrogens (tertiary/aromatic N) is 4. The fourth-order valence-corrected chi connectivity index (χ4v) is 5.90. The van der Waals surface area contributed by atoms with Gasteiger partial charge in [-0.15, -0.1) is 6.42 Å². The third-order valence-electron chi connectivity index (χ3n) is 6.63. The molecule has 0 saturated carbocycles. The van der Waals surface area contributed by atoms with Gasteiger partial charge in [0.05, 0.1) is 6.33 Å². The number of aliphatic hydroxyl groups excluding tert-OH is 1. The van der Waals surface area contributed by atoms with Gasteiger partial charge in [0.2, 0.25) is 0 Å². The number of ether oxygens (including phenoxy) is 2. The van der Waals surface area contributed by atoms with Gasteiger partial charge in [0, 0.05) is 6.42 Å². The van der Waals surface area contributed by atoms with E-state index in [-0.39, 0.29) is 35.8 Å². The average Bonchev–Trinajstić information content (AvgIpc) is 3.57. The molecule has 4 aromatic rings. The maximum Gasteiger partial charge on any atom is 0.459 e. The number of para-hydroxylation sites is 1. The molecule has 0 unspecified atom stereocenters. The van der Waals surface area contributed by atoms with Crippen LogP contribution in [0, 0.1) is 18.4 Å². The lowest BCUT2D eigenvalue weighted by atomic mass is 9.99. The van der Waals surface area contributed by atoms with Crippen LogP contribution in [-0.2, 0) is 30.0 Å². The van der Waals surface area contributed by atoms with Crippen molar-refractivity contribution in [3.05, 3.63) is 78.6 Å². The fraction of sp³-hybridized carbons (Fsp3) is 0.286. The summed E-state index contributed by atoms with van der Waals surface area (Å²) in [6.07, 6.45) is 3.64. The van der Waals surface area contributed by atoms with Crippen molar-refractivity contribution in [3.63, 3.8) is 0 Å². The quantitative estimate of drug-likeness (QED) is 0.0982. The highest BCUT2D eigenvalue weighted by Gasteiger charge is 2.50. The molecule has 0 spiro atoms. The number of hydrogen-bond donors (Lipinski definition) is 3. The second-order valence-corrected chi connectivity index (χ2v) is 11.4. The molecule has 5 atom stereocenters. The summed E-state index contributed by atoms with van der Waals surface area (Å²) in [7, 11) is -4.36. The number of esters is 1. The first kappa shape index (κ1) is 30.1. The number of aromatic nitrogens is 4. The largest absolute Gasteiger partial charge is 0.460 e. The lowest BCUT2D eigenvalue weighted by Crippen LogP contribution is -2.43. The van der Waals surface area contributed by atoms with Crippen LogP contribution >= 0.6 is 7.75 Å². The monoisotopic (exact) mass is 610 g/mol. The van der Waals surface area contributed by atoms with Gasteiger partial charge in [-0.05, 0) is 24.6 Å². The highest BCUT2D eigenvalue weighted by atomic mass is 31.2. The van der Waals surface area contributed by atoms with E-state index >= 15 is 0 Å². The van der Waals surface area contributed by atoms with Crippen LogP contribution in [0.1, 0.15) is 25.1 Å². The van der Waals surface area contributed by atoms with Crippen LogP contribution in [-0.4, -0.2) is 54.9 Å². The van der Waals surface area contributed by atoms with Gasteiger partial charge >= 0.3 is 19.8 Å². The molecule has 1 saturated heterocycles. The van der Waals surface area contributed by atoms with Gasteiger partial charge < -0.3 is 24.8 Å². The van der Waals surface area contributed by atoms with Gasteiger partial charge in [-0.1, -0.05) is 54.5 Å². The van der Waals surface area contributed by atoms with E-state index in [2.05, 4.69) is 26.0 Å². The summed E-state index contributed by atoms with van der Waals surface area (Å²) in [4.78, 5) is 24.0. The van der Waals surface area contributed by atoms with Crippen molar-refractivity contribution in [2.24, 2.45) is 0 Å². The van der Waals surface area contributed by atoms with Crippen molar-refractivity contribution in [1.29, 1.82) is 0 Å². The molecule has 1 fully saturated rings. The number of nitrogen functional groups attached to an aromatic ring is 1. The Labute approximate surface area is 245 Å². The SMILES string of the molecule is C#C[C@]1(CO[P@](=O)(N[C@@H](C)C(=O)OCc2ccccc2)Oc2ccccc2)O[C@@H](n2cnc3c(N)nc(F)nc32)C[C@@H]1O. The molecule has 43 heavy (non-hydrogen) atoms. The Morgan fingerprint density at radius 1 is 1.28 bits per heavy atom. The Balaban J connectivity index is 1.33. The topological polar surface area (TPSA) is 173 Å². The molecular weight excluding hydrogens is 582 g/mol. The van der Waals surface area contributed by atoms with E-state index in [0.717, 1.165) is 5.56 Å². The predicted molar refractivity (Wildman–Crippen MR) is 151 cm³/mol. The van der Waals surface area contributed by atoms with Crippen LogP contribution in [0.15, 0.2) is 67.0 Å². The third kappa shape index (κ3) is 6.67. The molecule has 3 heterocycles. The molecule has 4 N–H and O–H groups in total.